The lowest BCUT2D eigenvalue weighted by atomic mass is 10.0. The summed E-state index contributed by atoms with van der Waals surface area (Å²) in [5, 5.41) is 0. The SMILES string of the molecule is CCO[C@@H](C)[C@@H](NS(=O)(=O)c1ccc(C)cc1)c1ccccc1. The van der Waals surface area contributed by atoms with Crippen molar-refractivity contribution in [2.75, 3.05) is 6.61 Å². The molecule has 0 bridgehead atoms. The number of sulfonamides is 1. The van der Waals surface area contributed by atoms with Gasteiger partial charge in [0.25, 0.3) is 0 Å². The van der Waals surface area contributed by atoms with Gasteiger partial charge in [0.1, 0.15) is 0 Å². The summed E-state index contributed by atoms with van der Waals surface area (Å²) in [5.41, 5.74) is 1.90. The van der Waals surface area contributed by atoms with Crippen LogP contribution in [0.3, 0.4) is 0 Å². The summed E-state index contributed by atoms with van der Waals surface area (Å²) >= 11 is 0. The van der Waals surface area contributed by atoms with Crippen LogP contribution in [0.1, 0.15) is 31.0 Å². The molecule has 124 valence electrons. The predicted molar refractivity (Wildman–Crippen MR) is 91.8 cm³/mol. The molecule has 0 saturated heterocycles. The van der Waals surface area contributed by atoms with E-state index in [-0.39, 0.29) is 11.0 Å². The van der Waals surface area contributed by atoms with E-state index in [0.29, 0.717) is 6.61 Å². The number of aryl methyl sites for hydroxylation is 1. The average molecular weight is 333 g/mol. The molecule has 0 radical (unpaired) electrons. The first-order valence-electron chi connectivity index (χ1n) is 7.69. The summed E-state index contributed by atoms with van der Waals surface area (Å²) in [6.45, 7) is 6.22. The first kappa shape index (κ1) is 17.7. The highest BCUT2D eigenvalue weighted by Gasteiger charge is 2.26. The third-order valence-corrected chi connectivity index (χ3v) is 5.13. The van der Waals surface area contributed by atoms with Gasteiger partial charge in [-0.1, -0.05) is 48.0 Å². The molecule has 0 saturated carbocycles. The zero-order valence-corrected chi connectivity index (χ0v) is 14.5. The molecule has 1 N–H and O–H groups in total. The van der Waals surface area contributed by atoms with E-state index in [4.69, 9.17) is 4.74 Å². The highest BCUT2D eigenvalue weighted by atomic mass is 32.2. The third kappa shape index (κ3) is 4.64. The van der Waals surface area contributed by atoms with Gasteiger partial charge >= 0.3 is 0 Å². The second-order valence-corrected chi connectivity index (χ2v) is 7.20. The van der Waals surface area contributed by atoms with Crippen molar-refractivity contribution in [3.8, 4) is 0 Å². The summed E-state index contributed by atoms with van der Waals surface area (Å²) in [7, 11) is -3.62. The Morgan fingerprint density at radius 3 is 2.22 bits per heavy atom. The molecular weight excluding hydrogens is 310 g/mol. The predicted octanol–water partition coefficient (Wildman–Crippen LogP) is 3.44. The Morgan fingerprint density at radius 1 is 1.04 bits per heavy atom. The Morgan fingerprint density at radius 2 is 1.65 bits per heavy atom. The minimum Gasteiger partial charge on any atom is -0.377 e. The van der Waals surface area contributed by atoms with Crippen molar-refractivity contribution in [3.63, 3.8) is 0 Å². The number of ether oxygens (including phenoxy) is 1. The lowest BCUT2D eigenvalue weighted by Gasteiger charge is -2.25. The van der Waals surface area contributed by atoms with E-state index in [2.05, 4.69) is 4.72 Å². The van der Waals surface area contributed by atoms with Crippen molar-refractivity contribution in [1.82, 2.24) is 4.72 Å². The topological polar surface area (TPSA) is 55.4 Å². The van der Waals surface area contributed by atoms with Crippen molar-refractivity contribution in [2.45, 2.75) is 37.8 Å². The first-order valence-corrected chi connectivity index (χ1v) is 9.18. The Labute approximate surface area is 138 Å². The summed E-state index contributed by atoms with van der Waals surface area (Å²) in [6.07, 6.45) is -0.275. The molecule has 0 spiro atoms. The molecule has 0 aliphatic rings. The van der Waals surface area contributed by atoms with Gasteiger partial charge in [-0.05, 0) is 38.5 Å². The van der Waals surface area contributed by atoms with E-state index in [1.54, 1.807) is 24.3 Å². The monoisotopic (exact) mass is 333 g/mol. The van der Waals surface area contributed by atoms with Gasteiger partial charge in [-0.15, -0.1) is 0 Å². The fraction of sp³-hybridized carbons (Fsp3) is 0.333. The maximum absolute atomic E-state index is 12.7. The van der Waals surface area contributed by atoms with Crippen molar-refractivity contribution in [2.24, 2.45) is 0 Å². The van der Waals surface area contributed by atoms with Gasteiger partial charge in [0, 0.05) is 6.61 Å². The summed E-state index contributed by atoms with van der Waals surface area (Å²) in [5.74, 6) is 0. The zero-order valence-electron chi connectivity index (χ0n) is 13.7. The molecule has 0 aliphatic carbocycles. The van der Waals surface area contributed by atoms with E-state index in [1.165, 1.54) is 0 Å². The van der Waals surface area contributed by atoms with E-state index < -0.39 is 16.1 Å². The molecule has 2 rings (SSSR count). The molecule has 4 nitrogen and oxygen atoms in total. The molecule has 0 amide bonds. The van der Waals surface area contributed by atoms with Gasteiger partial charge in [-0.2, -0.15) is 0 Å². The van der Waals surface area contributed by atoms with Gasteiger partial charge < -0.3 is 4.74 Å². The highest BCUT2D eigenvalue weighted by molar-refractivity contribution is 7.89. The van der Waals surface area contributed by atoms with Crippen LogP contribution in [0.5, 0.6) is 0 Å². The Bertz CT molecular complexity index is 712. The molecular formula is C18H23NO3S. The molecule has 2 atom stereocenters. The second-order valence-electron chi connectivity index (χ2n) is 5.48. The molecule has 0 unspecified atom stereocenters. The number of benzene rings is 2. The van der Waals surface area contributed by atoms with Crippen LogP contribution in [-0.2, 0) is 14.8 Å². The van der Waals surface area contributed by atoms with E-state index in [0.717, 1.165) is 11.1 Å². The minimum absolute atomic E-state index is 0.257. The van der Waals surface area contributed by atoms with Crippen LogP contribution in [-0.4, -0.2) is 21.1 Å². The fourth-order valence-electron chi connectivity index (χ4n) is 2.41. The quantitative estimate of drug-likeness (QED) is 0.844. The van der Waals surface area contributed by atoms with Gasteiger partial charge in [-0.3, -0.25) is 0 Å². The standard InChI is InChI=1S/C18H23NO3S/c1-4-22-15(3)18(16-8-6-5-7-9-16)19-23(20,21)17-12-10-14(2)11-13-17/h5-13,15,18-19H,4H2,1-3H3/t15-,18+/m0/s1. The number of nitrogens with one attached hydrogen (secondary N) is 1. The average Bonchev–Trinajstić information content (AvgIpc) is 2.54. The molecule has 2 aromatic carbocycles. The van der Waals surface area contributed by atoms with E-state index in [9.17, 15) is 8.42 Å². The van der Waals surface area contributed by atoms with Gasteiger partial charge in [-0.25, -0.2) is 13.1 Å². The minimum atomic E-state index is -3.62. The van der Waals surface area contributed by atoms with Crippen molar-refractivity contribution >= 4 is 10.0 Å². The zero-order chi connectivity index (χ0) is 16.9. The summed E-state index contributed by atoms with van der Waals surface area (Å²) in [4.78, 5) is 0.257. The van der Waals surface area contributed by atoms with Crippen LogP contribution >= 0.6 is 0 Å². The van der Waals surface area contributed by atoms with Crippen LogP contribution in [0, 0.1) is 6.92 Å². The van der Waals surface area contributed by atoms with Crippen LogP contribution in [0.2, 0.25) is 0 Å². The lowest BCUT2D eigenvalue weighted by Crippen LogP contribution is -2.36. The van der Waals surface area contributed by atoms with Crippen molar-refractivity contribution < 1.29 is 13.2 Å². The smallest absolute Gasteiger partial charge is 0.241 e. The van der Waals surface area contributed by atoms with Crippen LogP contribution in [0.4, 0.5) is 0 Å². The number of hydrogen-bond acceptors (Lipinski definition) is 3. The molecule has 0 heterocycles. The third-order valence-electron chi connectivity index (χ3n) is 3.67. The van der Waals surface area contributed by atoms with E-state index in [1.807, 2.05) is 51.1 Å². The highest BCUT2D eigenvalue weighted by Crippen LogP contribution is 2.22. The Kier molecular flexibility index (Phi) is 5.93. The van der Waals surface area contributed by atoms with Crippen LogP contribution < -0.4 is 4.72 Å². The molecule has 23 heavy (non-hydrogen) atoms. The largest absolute Gasteiger partial charge is 0.377 e. The molecule has 0 aliphatic heterocycles. The van der Waals surface area contributed by atoms with E-state index >= 15 is 0 Å². The maximum atomic E-state index is 12.7. The van der Waals surface area contributed by atoms with Crippen molar-refractivity contribution in [3.05, 3.63) is 65.7 Å². The van der Waals surface area contributed by atoms with Gasteiger partial charge in [0.2, 0.25) is 10.0 Å². The second kappa shape index (κ2) is 7.73. The normalized spacial score (nSPS) is 14.4. The van der Waals surface area contributed by atoms with Crippen LogP contribution in [0.25, 0.3) is 0 Å². The van der Waals surface area contributed by atoms with Crippen molar-refractivity contribution in [1.29, 1.82) is 0 Å². The summed E-state index contributed by atoms with van der Waals surface area (Å²) < 4.78 is 33.7. The summed E-state index contributed by atoms with van der Waals surface area (Å²) in [6, 6.07) is 15.9. The fourth-order valence-corrected chi connectivity index (χ4v) is 3.70. The Balaban J connectivity index is 2.31. The molecule has 2 aromatic rings. The molecule has 0 fully saturated rings. The van der Waals surface area contributed by atoms with Crippen LogP contribution in [0.15, 0.2) is 59.5 Å². The first-order chi connectivity index (χ1) is 10.9. The lowest BCUT2D eigenvalue weighted by molar-refractivity contribution is 0.0532. The Hall–Kier alpha value is -1.69. The molecule has 0 aromatic heterocycles. The van der Waals surface area contributed by atoms with Gasteiger partial charge in [0.15, 0.2) is 0 Å². The number of hydrogen-bond donors (Lipinski definition) is 1. The maximum Gasteiger partial charge on any atom is 0.241 e. The van der Waals surface area contributed by atoms with Gasteiger partial charge in [0.05, 0.1) is 17.0 Å². The number of rotatable bonds is 7. The molecule has 5 heteroatoms.